The standard InChI is InChI=1S/C18H36N4O2.HI/c1-13(2)14(21-16(23)24-17(3,4)5)11-20-15(19-8)22-10-9-18(6,7)12-22;/h13-14H,9-12H2,1-8H3,(H,19,20)(H,21,23);1H. The highest BCUT2D eigenvalue weighted by atomic mass is 127. The number of likely N-dealkylation sites (tertiary alicyclic amines) is 1. The van der Waals surface area contributed by atoms with Crippen molar-refractivity contribution < 1.29 is 9.53 Å². The maximum absolute atomic E-state index is 12.0. The summed E-state index contributed by atoms with van der Waals surface area (Å²) in [4.78, 5) is 18.7. The number of ether oxygens (including phenoxy) is 1. The van der Waals surface area contributed by atoms with Crippen molar-refractivity contribution in [1.82, 2.24) is 15.5 Å². The molecule has 6 nitrogen and oxygen atoms in total. The number of guanidine groups is 1. The quantitative estimate of drug-likeness (QED) is 0.377. The third-order valence-electron chi connectivity index (χ3n) is 4.18. The molecule has 1 amide bonds. The second-order valence-corrected chi connectivity index (χ2v) is 8.76. The van der Waals surface area contributed by atoms with Gasteiger partial charge in [-0.1, -0.05) is 27.7 Å². The highest BCUT2D eigenvalue weighted by molar-refractivity contribution is 14.0. The van der Waals surface area contributed by atoms with Crippen LogP contribution in [0, 0.1) is 11.3 Å². The lowest BCUT2D eigenvalue weighted by Crippen LogP contribution is -2.50. The van der Waals surface area contributed by atoms with Crippen LogP contribution in [0.5, 0.6) is 0 Å². The Labute approximate surface area is 170 Å². The molecular weight excluding hydrogens is 431 g/mol. The van der Waals surface area contributed by atoms with Crippen LogP contribution in [0.25, 0.3) is 0 Å². The lowest BCUT2D eigenvalue weighted by atomic mass is 9.93. The van der Waals surface area contributed by atoms with E-state index in [0.29, 0.717) is 12.0 Å². The summed E-state index contributed by atoms with van der Waals surface area (Å²) in [5.74, 6) is 1.19. The third kappa shape index (κ3) is 8.96. The smallest absolute Gasteiger partial charge is 0.407 e. The number of nitrogens with one attached hydrogen (secondary N) is 2. The number of carbonyl (C=O) groups is 1. The molecule has 1 atom stereocenters. The Morgan fingerprint density at radius 3 is 2.32 bits per heavy atom. The Morgan fingerprint density at radius 2 is 1.92 bits per heavy atom. The van der Waals surface area contributed by atoms with Gasteiger partial charge in [-0.25, -0.2) is 4.79 Å². The first-order valence-electron chi connectivity index (χ1n) is 8.88. The predicted molar refractivity (Wildman–Crippen MR) is 115 cm³/mol. The molecule has 0 aromatic carbocycles. The normalized spacial score (nSPS) is 18.6. The van der Waals surface area contributed by atoms with Gasteiger partial charge in [-0.3, -0.25) is 4.99 Å². The Balaban J connectivity index is 0.00000576. The molecule has 0 saturated carbocycles. The van der Waals surface area contributed by atoms with Crippen LogP contribution in [0.4, 0.5) is 4.79 Å². The molecule has 2 N–H and O–H groups in total. The lowest BCUT2D eigenvalue weighted by Gasteiger charge is -2.28. The van der Waals surface area contributed by atoms with E-state index in [1.807, 2.05) is 20.8 Å². The van der Waals surface area contributed by atoms with Crippen LogP contribution in [-0.4, -0.2) is 55.3 Å². The van der Waals surface area contributed by atoms with E-state index in [1.54, 1.807) is 7.05 Å². The van der Waals surface area contributed by atoms with Crippen molar-refractivity contribution in [2.45, 2.75) is 66.5 Å². The summed E-state index contributed by atoms with van der Waals surface area (Å²) in [7, 11) is 1.80. The average molecular weight is 468 g/mol. The van der Waals surface area contributed by atoms with Crippen LogP contribution >= 0.6 is 24.0 Å². The number of rotatable bonds is 4. The first kappa shape index (κ1) is 24.3. The van der Waals surface area contributed by atoms with Gasteiger partial charge in [0.1, 0.15) is 5.60 Å². The zero-order valence-electron chi connectivity index (χ0n) is 17.1. The zero-order valence-corrected chi connectivity index (χ0v) is 19.4. The number of halogens is 1. The molecule has 1 aliphatic heterocycles. The van der Waals surface area contributed by atoms with E-state index in [-0.39, 0.29) is 42.0 Å². The highest BCUT2D eigenvalue weighted by Gasteiger charge is 2.31. The summed E-state index contributed by atoms with van der Waals surface area (Å²) in [5.41, 5.74) is -0.167. The van der Waals surface area contributed by atoms with Gasteiger partial charge in [-0.15, -0.1) is 24.0 Å². The molecule has 148 valence electrons. The SMILES string of the molecule is CN=C(NCC(NC(=O)OC(C)(C)C)C(C)C)N1CCC(C)(C)C1.I. The average Bonchev–Trinajstić information content (AvgIpc) is 2.76. The van der Waals surface area contributed by atoms with Crippen molar-refractivity contribution in [3.8, 4) is 0 Å². The van der Waals surface area contributed by atoms with Gasteiger partial charge in [0, 0.05) is 26.7 Å². The summed E-state index contributed by atoms with van der Waals surface area (Å²) >= 11 is 0. The van der Waals surface area contributed by atoms with Crippen molar-refractivity contribution in [2.24, 2.45) is 16.3 Å². The topological polar surface area (TPSA) is 66.0 Å². The fourth-order valence-electron chi connectivity index (χ4n) is 2.74. The molecule has 25 heavy (non-hydrogen) atoms. The summed E-state index contributed by atoms with van der Waals surface area (Å²) < 4.78 is 5.36. The predicted octanol–water partition coefficient (Wildman–Crippen LogP) is 3.46. The van der Waals surface area contributed by atoms with E-state index in [0.717, 1.165) is 25.5 Å². The fourth-order valence-corrected chi connectivity index (χ4v) is 2.74. The van der Waals surface area contributed by atoms with E-state index in [2.05, 4.69) is 48.2 Å². The Kier molecular flexibility index (Phi) is 9.54. The third-order valence-corrected chi connectivity index (χ3v) is 4.18. The maximum Gasteiger partial charge on any atom is 0.407 e. The molecule has 1 saturated heterocycles. The number of alkyl carbamates (subject to hydrolysis) is 1. The molecule has 0 aromatic rings. The van der Waals surface area contributed by atoms with Gasteiger partial charge in [0.15, 0.2) is 5.96 Å². The van der Waals surface area contributed by atoms with Crippen LogP contribution in [0.1, 0.15) is 54.9 Å². The molecule has 0 bridgehead atoms. The van der Waals surface area contributed by atoms with E-state index < -0.39 is 5.60 Å². The minimum atomic E-state index is -0.490. The van der Waals surface area contributed by atoms with Crippen molar-refractivity contribution in [3.05, 3.63) is 0 Å². The molecule has 0 aromatic heterocycles. The van der Waals surface area contributed by atoms with E-state index in [4.69, 9.17) is 4.74 Å². The summed E-state index contributed by atoms with van der Waals surface area (Å²) in [6.07, 6.45) is 0.789. The minimum absolute atomic E-state index is 0. The molecule has 7 heteroatoms. The molecule has 1 unspecified atom stereocenters. The molecular formula is C18H37IN4O2. The van der Waals surface area contributed by atoms with Crippen molar-refractivity contribution in [2.75, 3.05) is 26.7 Å². The molecule has 0 spiro atoms. The molecule has 0 aliphatic carbocycles. The van der Waals surface area contributed by atoms with Crippen molar-refractivity contribution in [3.63, 3.8) is 0 Å². The number of nitrogens with zero attached hydrogens (tertiary/aromatic N) is 2. The van der Waals surface area contributed by atoms with Crippen LogP contribution < -0.4 is 10.6 Å². The Bertz CT molecular complexity index is 458. The maximum atomic E-state index is 12.0. The fraction of sp³-hybridized carbons (Fsp3) is 0.889. The number of aliphatic imine (C=N–C) groups is 1. The number of amides is 1. The second kappa shape index (κ2) is 9.83. The lowest BCUT2D eigenvalue weighted by molar-refractivity contribution is 0.0491. The molecule has 1 aliphatic rings. The second-order valence-electron chi connectivity index (χ2n) is 8.76. The molecule has 1 heterocycles. The Morgan fingerprint density at radius 1 is 1.32 bits per heavy atom. The number of hydrogen-bond acceptors (Lipinski definition) is 3. The summed E-state index contributed by atoms with van der Waals surface area (Å²) in [5, 5.41) is 6.37. The van der Waals surface area contributed by atoms with Crippen molar-refractivity contribution >= 4 is 36.0 Å². The monoisotopic (exact) mass is 468 g/mol. The molecule has 1 rings (SSSR count). The molecule has 0 radical (unpaired) electrons. The van der Waals surface area contributed by atoms with Gasteiger partial charge in [-0.2, -0.15) is 0 Å². The van der Waals surface area contributed by atoms with Gasteiger partial charge in [-0.05, 0) is 38.5 Å². The zero-order chi connectivity index (χ0) is 18.5. The first-order chi connectivity index (χ1) is 10.9. The van der Waals surface area contributed by atoms with Crippen LogP contribution in [0.2, 0.25) is 0 Å². The molecule has 1 fully saturated rings. The van der Waals surface area contributed by atoms with E-state index in [9.17, 15) is 4.79 Å². The van der Waals surface area contributed by atoms with E-state index in [1.165, 1.54) is 0 Å². The summed E-state index contributed by atoms with van der Waals surface area (Å²) in [6.45, 7) is 17.0. The van der Waals surface area contributed by atoms with Crippen molar-refractivity contribution in [1.29, 1.82) is 0 Å². The van der Waals surface area contributed by atoms with Gasteiger partial charge in [0.2, 0.25) is 0 Å². The Hall–Kier alpha value is -0.730. The first-order valence-corrected chi connectivity index (χ1v) is 8.88. The van der Waals surface area contributed by atoms with Crippen LogP contribution in [-0.2, 0) is 4.74 Å². The number of hydrogen-bond donors (Lipinski definition) is 2. The minimum Gasteiger partial charge on any atom is -0.444 e. The summed E-state index contributed by atoms with van der Waals surface area (Å²) in [6, 6.07) is -0.0211. The number of carbonyl (C=O) groups excluding carboxylic acids is 1. The van der Waals surface area contributed by atoms with Gasteiger partial charge < -0.3 is 20.3 Å². The van der Waals surface area contributed by atoms with Gasteiger partial charge >= 0.3 is 6.09 Å². The van der Waals surface area contributed by atoms with Crippen LogP contribution in [0.15, 0.2) is 4.99 Å². The van der Waals surface area contributed by atoms with Gasteiger partial charge in [0.25, 0.3) is 0 Å². The van der Waals surface area contributed by atoms with Crippen LogP contribution in [0.3, 0.4) is 0 Å². The largest absolute Gasteiger partial charge is 0.444 e. The van der Waals surface area contributed by atoms with E-state index >= 15 is 0 Å². The van der Waals surface area contributed by atoms with Gasteiger partial charge in [0.05, 0.1) is 6.04 Å². The highest BCUT2D eigenvalue weighted by Crippen LogP contribution is 2.28.